The number of carbonyl (C=O) groups is 1. The van der Waals surface area contributed by atoms with Crippen LogP contribution in [-0.2, 0) is 11.3 Å². The summed E-state index contributed by atoms with van der Waals surface area (Å²) in [4.78, 5) is 17.5. The molecule has 140 valence electrons. The van der Waals surface area contributed by atoms with E-state index in [1.54, 1.807) is 0 Å². The Labute approximate surface area is 153 Å². The first-order valence-electron chi connectivity index (χ1n) is 9.89. The number of hydrogen-bond acceptors (Lipinski definition) is 3. The van der Waals surface area contributed by atoms with Crippen LogP contribution >= 0.6 is 0 Å². The Kier molecular flexibility index (Phi) is 8.42. The lowest BCUT2D eigenvalue weighted by Crippen LogP contribution is -2.49. The van der Waals surface area contributed by atoms with E-state index in [2.05, 4.69) is 47.9 Å². The molecule has 0 saturated heterocycles. The van der Waals surface area contributed by atoms with Gasteiger partial charge in [-0.25, -0.2) is 0 Å². The van der Waals surface area contributed by atoms with Crippen LogP contribution in [0.15, 0.2) is 30.3 Å². The zero-order valence-electron chi connectivity index (χ0n) is 16.0. The van der Waals surface area contributed by atoms with Crippen molar-refractivity contribution in [2.24, 2.45) is 5.73 Å². The van der Waals surface area contributed by atoms with E-state index < -0.39 is 0 Å². The lowest BCUT2D eigenvalue weighted by atomic mass is 9.93. The second-order valence-electron chi connectivity index (χ2n) is 7.53. The molecule has 0 heterocycles. The highest BCUT2D eigenvalue weighted by Gasteiger charge is 2.28. The van der Waals surface area contributed by atoms with E-state index >= 15 is 0 Å². The molecule has 1 amide bonds. The van der Waals surface area contributed by atoms with E-state index in [0.717, 1.165) is 32.4 Å². The maximum atomic E-state index is 13.1. The summed E-state index contributed by atoms with van der Waals surface area (Å²) in [5, 5.41) is 0. The van der Waals surface area contributed by atoms with Crippen molar-refractivity contribution >= 4 is 5.91 Å². The van der Waals surface area contributed by atoms with Crippen LogP contribution in [-0.4, -0.2) is 47.4 Å². The van der Waals surface area contributed by atoms with Crippen LogP contribution in [0, 0.1) is 0 Å². The molecule has 0 bridgehead atoms. The minimum absolute atomic E-state index is 0.267. The Morgan fingerprint density at radius 1 is 1.16 bits per heavy atom. The molecule has 4 heteroatoms. The van der Waals surface area contributed by atoms with Crippen molar-refractivity contribution in [3.05, 3.63) is 35.9 Å². The molecular weight excluding hydrogens is 310 g/mol. The fraction of sp³-hybridized carbons (Fsp3) is 0.667. The molecule has 0 aromatic heterocycles. The number of nitrogens with zero attached hydrogens (tertiary/aromatic N) is 2. The van der Waals surface area contributed by atoms with Gasteiger partial charge in [0.2, 0.25) is 5.91 Å². The van der Waals surface area contributed by atoms with E-state index in [1.165, 1.54) is 24.8 Å². The third kappa shape index (κ3) is 6.44. The van der Waals surface area contributed by atoms with Crippen LogP contribution in [0.3, 0.4) is 0 Å². The normalized spacial score (nSPS) is 15.7. The molecule has 1 aliphatic carbocycles. The predicted octanol–water partition coefficient (Wildman–Crippen LogP) is 3.41. The van der Waals surface area contributed by atoms with Gasteiger partial charge in [0.05, 0.1) is 6.54 Å². The van der Waals surface area contributed by atoms with Gasteiger partial charge in [-0.3, -0.25) is 9.69 Å². The van der Waals surface area contributed by atoms with Gasteiger partial charge in [-0.1, -0.05) is 49.6 Å². The fourth-order valence-corrected chi connectivity index (χ4v) is 3.92. The van der Waals surface area contributed by atoms with Crippen molar-refractivity contribution in [1.29, 1.82) is 0 Å². The summed E-state index contributed by atoms with van der Waals surface area (Å²) < 4.78 is 0. The van der Waals surface area contributed by atoms with E-state index in [1.807, 2.05) is 6.07 Å². The monoisotopic (exact) mass is 345 g/mol. The molecule has 25 heavy (non-hydrogen) atoms. The lowest BCUT2D eigenvalue weighted by Gasteiger charge is -2.38. The second kappa shape index (κ2) is 10.6. The van der Waals surface area contributed by atoms with Crippen molar-refractivity contribution in [1.82, 2.24) is 9.80 Å². The maximum absolute atomic E-state index is 13.1. The van der Waals surface area contributed by atoms with E-state index in [0.29, 0.717) is 19.1 Å². The first kappa shape index (κ1) is 19.9. The number of hydrogen-bond donors (Lipinski definition) is 1. The first-order valence-corrected chi connectivity index (χ1v) is 9.89. The SMILES string of the molecule is CC(C)N(C(=O)CN(CCCN)Cc1ccccc1)C1CCCCC1. The molecule has 0 radical (unpaired) electrons. The minimum Gasteiger partial charge on any atom is -0.336 e. The highest BCUT2D eigenvalue weighted by molar-refractivity contribution is 5.79. The molecule has 0 aliphatic heterocycles. The van der Waals surface area contributed by atoms with Crippen molar-refractivity contribution in [3.63, 3.8) is 0 Å². The highest BCUT2D eigenvalue weighted by atomic mass is 16.2. The van der Waals surface area contributed by atoms with Gasteiger partial charge < -0.3 is 10.6 Å². The van der Waals surface area contributed by atoms with Crippen molar-refractivity contribution in [2.75, 3.05) is 19.6 Å². The number of rotatable bonds is 9. The standard InChI is InChI=1S/C21H35N3O/c1-18(2)24(20-12-7-4-8-13-20)21(25)17-23(15-9-14-22)16-19-10-5-3-6-11-19/h3,5-6,10-11,18,20H,4,7-9,12-17,22H2,1-2H3. The molecule has 0 unspecified atom stereocenters. The molecular formula is C21H35N3O. The van der Waals surface area contributed by atoms with Crippen LogP contribution in [0.5, 0.6) is 0 Å². The first-order chi connectivity index (χ1) is 12.1. The average Bonchev–Trinajstić information content (AvgIpc) is 2.61. The summed E-state index contributed by atoms with van der Waals surface area (Å²) in [5.74, 6) is 0.273. The van der Waals surface area contributed by atoms with Crippen molar-refractivity contribution < 1.29 is 4.79 Å². The molecule has 0 atom stereocenters. The predicted molar refractivity (Wildman–Crippen MR) is 104 cm³/mol. The van der Waals surface area contributed by atoms with E-state index in [4.69, 9.17) is 5.73 Å². The molecule has 4 nitrogen and oxygen atoms in total. The molecule has 1 fully saturated rings. The van der Waals surface area contributed by atoms with Gasteiger partial charge in [0.1, 0.15) is 0 Å². The summed E-state index contributed by atoms with van der Waals surface area (Å²) in [6.45, 7) is 7.12. The van der Waals surface area contributed by atoms with Gasteiger partial charge in [-0.05, 0) is 45.2 Å². The largest absolute Gasteiger partial charge is 0.336 e. The van der Waals surface area contributed by atoms with Gasteiger partial charge in [0, 0.05) is 25.2 Å². The van der Waals surface area contributed by atoms with Crippen molar-refractivity contribution in [2.45, 2.75) is 71.0 Å². The molecule has 0 spiro atoms. The summed E-state index contributed by atoms with van der Waals surface area (Å²) in [6, 6.07) is 11.1. The summed E-state index contributed by atoms with van der Waals surface area (Å²) in [5.41, 5.74) is 6.95. The smallest absolute Gasteiger partial charge is 0.237 e. The lowest BCUT2D eigenvalue weighted by molar-refractivity contribution is -0.137. The van der Waals surface area contributed by atoms with Crippen LogP contribution in [0.2, 0.25) is 0 Å². The van der Waals surface area contributed by atoms with E-state index in [9.17, 15) is 4.79 Å². The Balaban J connectivity index is 2.02. The van der Waals surface area contributed by atoms with Crippen molar-refractivity contribution in [3.8, 4) is 0 Å². The van der Waals surface area contributed by atoms with Crippen LogP contribution in [0.1, 0.15) is 57.9 Å². The number of amides is 1. The highest BCUT2D eigenvalue weighted by Crippen LogP contribution is 2.24. The van der Waals surface area contributed by atoms with Crippen LogP contribution in [0.25, 0.3) is 0 Å². The second-order valence-corrected chi connectivity index (χ2v) is 7.53. The third-order valence-electron chi connectivity index (χ3n) is 5.10. The summed E-state index contributed by atoms with van der Waals surface area (Å²) in [6.07, 6.45) is 7.05. The molecule has 1 aliphatic rings. The summed E-state index contributed by atoms with van der Waals surface area (Å²) >= 11 is 0. The Bertz CT molecular complexity index is 497. The van der Waals surface area contributed by atoms with Gasteiger partial charge in [-0.15, -0.1) is 0 Å². The minimum atomic E-state index is 0.267. The molecule has 1 aromatic rings. The van der Waals surface area contributed by atoms with Gasteiger partial charge in [0.25, 0.3) is 0 Å². The Morgan fingerprint density at radius 2 is 1.84 bits per heavy atom. The maximum Gasteiger partial charge on any atom is 0.237 e. The zero-order chi connectivity index (χ0) is 18.1. The number of benzene rings is 1. The van der Waals surface area contributed by atoms with E-state index in [-0.39, 0.29) is 11.9 Å². The Morgan fingerprint density at radius 3 is 2.44 bits per heavy atom. The van der Waals surface area contributed by atoms with Gasteiger partial charge in [0.15, 0.2) is 0 Å². The molecule has 1 aromatic carbocycles. The fourth-order valence-electron chi connectivity index (χ4n) is 3.92. The number of nitrogens with two attached hydrogens (primary N) is 1. The summed E-state index contributed by atoms with van der Waals surface area (Å²) in [7, 11) is 0. The number of carbonyl (C=O) groups excluding carboxylic acids is 1. The van der Waals surface area contributed by atoms with Crippen LogP contribution < -0.4 is 5.73 Å². The van der Waals surface area contributed by atoms with Gasteiger partial charge >= 0.3 is 0 Å². The zero-order valence-corrected chi connectivity index (χ0v) is 16.0. The molecule has 1 saturated carbocycles. The van der Waals surface area contributed by atoms with Gasteiger partial charge in [-0.2, -0.15) is 0 Å². The molecule has 2 rings (SSSR count). The third-order valence-corrected chi connectivity index (χ3v) is 5.10. The van der Waals surface area contributed by atoms with Crippen LogP contribution in [0.4, 0.5) is 0 Å². The average molecular weight is 346 g/mol. The Hall–Kier alpha value is -1.39. The quantitative estimate of drug-likeness (QED) is 0.746. The topological polar surface area (TPSA) is 49.6 Å². The molecule has 2 N–H and O–H groups in total.